The molecule has 2 atom stereocenters. The standard InChI is InChI=1S/C11H14ClNO3/c1-8(13(14)15)7-11(16-2)9-3-5-10(12)6-4-9/h3-6,8,11H,7H2,1-2H3/t8-,11+/m0/s1. The highest BCUT2D eigenvalue weighted by molar-refractivity contribution is 6.30. The van der Waals surface area contributed by atoms with Crippen LogP contribution in [0.3, 0.4) is 0 Å². The van der Waals surface area contributed by atoms with Crippen molar-refractivity contribution in [1.82, 2.24) is 0 Å². The number of methoxy groups -OCH3 is 1. The van der Waals surface area contributed by atoms with Gasteiger partial charge in [0.05, 0.1) is 6.10 Å². The molecule has 0 radical (unpaired) electrons. The van der Waals surface area contributed by atoms with E-state index in [4.69, 9.17) is 16.3 Å². The normalized spacial score (nSPS) is 14.4. The predicted octanol–water partition coefficient (Wildman–Crippen LogP) is 3.08. The number of nitro groups is 1. The summed E-state index contributed by atoms with van der Waals surface area (Å²) in [6.45, 7) is 1.57. The minimum Gasteiger partial charge on any atom is -0.376 e. The van der Waals surface area contributed by atoms with Crippen molar-refractivity contribution in [3.8, 4) is 0 Å². The molecule has 0 N–H and O–H groups in total. The van der Waals surface area contributed by atoms with Gasteiger partial charge >= 0.3 is 0 Å². The Morgan fingerprint density at radius 3 is 2.44 bits per heavy atom. The molecule has 0 saturated carbocycles. The highest BCUT2D eigenvalue weighted by Crippen LogP contribution is 2.24. The van der Waals surface area contributed by atoms with Crippen LogP contribution in [0.1, 0.15) is 25.0 Å². The Morgan fingerprint density at radius 1 is 1.44 bits per heavy atom. The molecule has 1 aromatic rings. The van der Waals surface area contributed by atoms with Gasteiger partial charge in [0.15, 0.2) is 0 Å². The maximum absolute atomic E-state index is 10.6. The van der Waals surface area contributed by atoms with E-state index in [0.717, 1.165) is 5.56 Å². The summed E-state index contributed by atoms with van der Waals surface area (Å²) in [7, 11) is 1.55. The number of rotatable bonds is 5. The summed E-state index contributed by atoms with van der Waals surface area (Å²) >= 11 is 5.77. The molecular formula is C11H14ClNO3. The molecule has 0 aromatic heterocycles. The molecule has 0 bridgehead atoms. The fraction of sp³-hybridized carbons (Fsp3) is 0.455. The largest absolute Gasteiger partial charge is 0.376 e. The molecule has 0 aliphatic heterocycles. The minimum absolute atomic E-state index is 0.266. The Bertz CT molecular complexity index is 353. The van der Waals surface area contributed by atoms with E-state index in [1.807, 2.05) is 12.1 Å². The Morgan fingerprint density at radius 2 is 2.00 bits per heavy atom. The van der Waals surface area contributed by atoms with Crippen molar-refractivity contribution in [2.45, 2.75) is 25.5 Å². The van der Waals surface area contributed by atoms with E-state index < -0.39 is 6.04 Å². The van der Waals surface area contributed by atoms with Gasteiger partial charge in [-0.05, 0) is 17.7 Å². The first-order valence-corrected chi connectivity index (χ1v) is 5.34. The number of ether oxygens (including phenoxy) is 1. The minimum atomic E-state index is -0.624. The quantitative estimate of drug-likeness (QED) is 0.590. The highest BCUT2D eigenvalue weighted by Gasteiger charge is 2.21. The van der Waals surface area contributed by atoms with E-state index in [2.05, 4.69) is 0 Å². The molecule has 4 nitrogen and oxygen atoms in total. The molecule has 16 heavy (non-hydrogen) atoms. The second-order valence-corrected chi connectivity index (χ2v) is 4.08. The maximum Gasteiger partial charge on any atom is 0.213 e. The molecule has 0 fully saturated rings. The van der Waals surface area contributed by atoms with Crippen molar-refractivity contribution < 1.29 is 9.66 Å². The van der Waals surface area contributed by atoms with Gasteiger partial charge in [-0.3, -0.25) is 10.1 Å². The Hall–Kier alpha value is -1.13. The molecule has 0 saturated heterocycles. The van der Waals surface area contributed by atoms with E-state index in [1.165, 1.54) is 0 Å². The smallest absolute Gasteiger partial charge is 0.213 e. The second kappa shape index (κ2) is 5.82. The van der Waals surface area contributed by atoms with Crippen molar-refractivity contribution in [2.75, 3.05) is 7.11 Å². The Kier molecular flexibility index (Phi) is 4.71. The molecule has 0 aliphatic rings. The van der Waals surface area contributed by atoms with E-state index in [0.29, 0.717) is 11.4 Å². The Balaban J connectivity index is 2.74. The summed E-state index contributed by atoms with van der Waals surface area (Å²) in [5.41, 5.74) is 0.903. The molecule has 1 aromatic carbocycles. The van der Waals surface area contributed by atoms with Crippen LogP contribution in [-0.2, 0) is 4.74 Å². The summed E-state index contributed by atoms with van der Waals surface area (Å²) < 4.78 is 5.25. The number of hydrogen-bond donors (Lipinski definition) is 0. The third-order valence-corrected chi connectivity index (χ3v) is 2.69. The molecule has 0 unspecified atom stereocenters. The SMILES string of the molecule is CO[C@H](C[C@H](C)[N+](=O)[O-])c1ccc(Cl)cc1. The van der Waals surface area contributed by atoms with Crippen LogP contribution in [0.5, 0.6) is 0 Å². The molecule has 0 amide bonds. The number of hydrogen-bond acceptors (Lipinski definition) is 3. The third-order valence-electron chi connectivity index (χ3n) is 2.44. The fourth-order valence-corrected chi connectivity index (χ4v) is 1.57. The molecule has 5 heteroatoms. The van der Waals surface area contributed by atoms with Crippen molar-refractivity contribution in [3.63, 3.8) is 0 Å². The summed E-state index contributed by atoms with van der Waals surface area (Å²) in [4.78, 5) is 10.3. The first-order chi connectivity index (χ1) is 7.54. The lowest BCUT2D eigenvalue weighted by atomic mass is 10.0. The number of nitrogens with zero attached hydrogens (tertiary/aromatic N) is 1. The van der Waals surface area contributed by atoms with E-state index in [1.54, 1.807) is 26.2 Å². The first-order valence-electron chi connectivity index (χ1n) is 4.96. The third kappa shape index (κ3) is 3.47. The zero-order chi connectivity index (χ0) is 12.1. The Labute approximate surface area is 99.3 Å². The summed E-state index contributed by atoms with van der Waals surface area (Å²) in [5.74, 6) is 0. The zero-order valence-electron chi connectivity index (χ0n) is 9.22. The van der Waals surface area contributed by atoms with Crippen LogP contribution in [0.4, 0.5) is 0 Å². The van der Waals surface area contributed by atoms with Gasteiger partial charge in [-0.15, -0.1) is 0 Å². The van der Waals surface area contributed by atoms with Crippen molar-refractivity contribution in [1.29, 1.82) is 0 Å². The van der Waals surface area contributed by atoms with Crippen molar-refractivity contribution in [3.05, 3.63) is 45.0 Å². The lowest BCUT2D eigenvalue weighted by Gasteiger charge is -2.16. The van der Waals surface area contributed by atoms with E-state index in [-0.39, 0.29) is 11.0 Å². The maximum atomic E-state index is 10.6. The van der Waals surface area contributed by atoms with Gasteiger partial charge in [0.2, 0.25) is 6.04 Å². The molecule has 0 aliphatic carbocycles. The molecule has 0 spiro atoms. The van der Waals surface area contributed by atoms with Gasteiger partial charge in [-0.25, -0.2) is 0 Å². The van der Waals surface area contributed by atoms with Gasteiger partial charge in [-0.1, -0.05) is 23.7 Å². The van der Waals surface area contributed by atoms with Crippen LogP contribution in [0, 0.1) is 10.1 Å². The average Bonchev–Trinajstić information content (AvgIpc) is 2.26. The van der Waals surface area contributed by atoms with Gasteiger partial charge in [0, 0.05) is 30.4 Å². The van der Waals surface area contributed by atoms with Crippen LogP contribution in [-0.4, -0.2) is 18.1 Å². The lowest BCUT2D eigenvalue weighted by molar-refractivity contribution is -0.520. The lowest BCUT2D eigenvalue weighted by Crippen LogP contribution is -2.19. The first kappa shape index (κ1) is 12.9. The second-order valence-electron chi connectivity index (χ2n) is 3.65. The molecule has 88 valence electrons. The molecule has 1 rings (SSSR count). The van der Waals surface area contributed by atoms with Crippen molar-refractivity contribution >= 4 is 11.6 Å². The summed E-state index contributed by atoms with van der Waals surface area (Å²) in [5, 5.41) is 11.2. The summed E-state index contributed by atoms with van der Waals surface area (Å²) in [6.07, 6.45) is 0.0863. The van der Waals surface area contributed by atoms with Gasteiger partial charge < -0.3 is 4.74 Å². The highest BCUT2D eigenvalue weighted by atomic mass is 35.5. The van der Waals surface area contributed by atoms with Gasteiger partial charge in [-0.2, -0.15) is 0 Å². The molecule has 0 heterocycles. The predicted molar refractivity (Wildman–Crippen MR) is 62.3 cm³/mol. The van der Waals surface area contributed by atoms with E-state index >= 15 is 0 Å². The van der Waals surface area contributed by atoms with Gasteiger partial charge in [0.25, 0.3) is 0 Å². The number of benzene rings is 1. The van der Waals surface area contributed by atoms with Crippen LogP contribution in [0.2, 0.25) is 5.02 Å². The van der Waals surface area contributed by atoms with Gasteiger partial charge in [0.1, 0.15) is 0 Å². The van der Waals surface area contributed by atoms with Crippen LogP contribution in [0.25, 0.3) is 0 Å². The summed E-state index contributed by atoms with van der Waals surface area (Å²) in [6, 6.07) is 6.52. The van der Waals surface area contributed by atoms with Crippen LogP contribution in [0.15, 0.2) is 24.3 Å². The van der Waals surface area contributed by atoms with Crippen molar-refractivity contribution in [2.24, 2.45) is 0 Å². The zero-order valence-corrected chi connectivity index (χ0v) is 9.98. The van der Waals surface area contributed by atoms with Crippen LogP contribution >= 0.6 is 11.6 Å². The number of halogens is 1. The molecular weight excluding hydrogens is 230 g/mol. The van der Waals surface area contributed by atoms with Crippen LogP contribution < -0.4 is 0 Å². The average molecular weight is 244 g/mol. The fourth-order valence-electron chi connectivity index (χ4n) is 1.44. The topological polar surface area (TPSA) is 52.4 Å². The van der Waals surface area contributed by atoms with E-state index in [9.17, 15) is 10.1 Å². The monoisotopic (exact) mass is 243 g/mol.